The summed E-state index contributed by atoms with van der Waals surface area (Å²) < 4.78 is 11.2. The van der Waals surface area contributed by atoms with Crippen molar-refractivity contribution in [1.82, 2.24) is 0 Å². The average Bonchev–Trinajstić information content (AvgIpc) is 1.61. The molecule has 0 amide bonds. The van der Waals surface area contributed by atoms with Gasteiger partial charge in [-0.15, -0.1) is 0 Å². The zero-order valence-electron chi connectivity index (χ0n) is 4.41. The van der Waals surface area contributed by atoms with Gasteiger partial charge in [-0.05, 0) is 0 Å². The Kier molecular flexibility index (Phi) is 7.96. The van der Waals surface area contributed by atoms with Crippen molar-refractivity contribution in [3.63, 3.8) is 0 Å². The van der Waals surface area contributed by atoms with Crippen LogP contribution in [-0.4, -0.2) is 0 Å². The third-order valence-corrected chi connectivity index (χ3v) is 12.7. The third-order valence-electron chi connectivity index (χ3n) is 0.479. The van der Waals surface area contributed by atoms with Crippen molar-refractivity contribution >= 4 is 0 Å². The van der Waals surface area contributed by atoms with E-state index in [1.807, 2.05) is 0 Å². The van der Waals surface area contributed by atoms with E-state index in [1.165, 1.54) is 0 Å². The van der Waals surface area contributed by atoms with Gasteiger partial charge in [-0.3, -0.25) is 0 Å². The van der Waals surface area contributed by atoms with Crippen LogP contribution in [0.3, 0.4) is 0 Å². The van der Waals surface area contributed by atoms with E-state index in [1.54, 1.807) is 0 Å². The Labute approximate surface area is 63.9 Å². The van der Waals surface area contributed by atoms with Gasteiger partial charge >= 0.3 is 64.9 Å². The van der Waals surface area contributed by atoms with Crippen LogP contribution < -0.4 is 0 Å². The first-order chi connectivity index (χ1) is 2.91. The standard InChI is InChI=1S/C2.2CH3.2Hg/c1-2;;;;/h;2*1H3;;. The SMILES string of the molecule is [CH3][Hg][C]#[C][Hg][CH3]. The van der Waals surface area contributed by atoms with E-state index < -0.39 is 49.1 Å². The minimum absolute atomic E-state index is 0.474. The van der Waals surface area contributed by atoms with Gasteiger partial charge in [-0.25, -0.2) is 0 Å². The van der Waals surface area contributed by atoms with Crippen LogP contribution in [0.25, 0.3) is 0 Å². The molecule has 0 atom stereocenters. The molecule has 0 spiro atoms. The Morgan fingerprint density at radius 2 is 1.33 bits per heavy atom. The molecule has 0 nitrogen and oxygen atoms in total. The molecular weight excluding hydrogens is 449 g/mol. The number of rotatable bonds is 0. The molecule has 0 aromatic heterocycles. The van der Waals surface area contributed by atoms with Crippen LogP contribution in [0.5, 0.6) is 0 Å². The second-order valence-corrected chi connectivity index (χ2v) is 9.31. The van der Waals surface area contributed by atoms with Crippen LogP contribution >= 0.6 is 0 Å². The molecule has 0 aliphatic carbocycles. The van der Waals surface area contributed by atoms with Gasteiger partial charge in [0.05, 0.1) is 0 Å². The Hall–Kier alpha value is 1.43. The monoisotopic (exact) mass is 458 g/mol. The molecule has 0 N–H and O–H groups in total. The fourth-order valence-corrected chi connectivity index (χ4v) is 19.2. The maximum absolute atomic E-state index is 3.27. The van der Waals surface area contributed by atoms with Crippen molar-refractivity contribution in [2.45, 2.75) is 8.86 Å². The van der Waals surface area contributed by atoms with E-state index in [4.69, 9.17) is 0 Å². The predicted octanol–water partition coefficient (Wildman–Crippen LogP) is 1.17. The molecule has 0 aromatic carbocycles. The molecule has 0 rings (SSSR count). The minimum atomic E-state index is -0.474. The Balaban J connectivity index is 2.90. The zero-order valence-corrected chi connectivity index (χ0v) is 15.4. The second-order valence-electron chi connectivity index (χ2n) is 1.06. The van der Waals surface area contributed by atoms with Gasteiger partial charge in [0.2, 0.25) is 0 Å². The number of hydrogen-bond acceptors (Lipinski definition) is 0. The van der Waals surface area contributed by atoms with Crippen molar-refractivity contribution in [3.8, 4) is 6.86 Å². The topological polar surface area (TPSA) is 0 Å². The van der Waals surface area contributed by atoms with Gasteiger partial charge in [0.1, 0.15) is 0 Å². The molecule has 0 aliphatic rings. The quantitative estimate of drug-likeness (QED) is 0.380. The van der Waals surface area contributed by atoms with Crippen LogP contribution in [0.4, 0.5) is 0 Å². The molecule has 0 heterocycles. The van der Waals surface area contributed by atoms with Gasteiger partial charge in [-0.1, -0.05) is 0 Å². The van der Waals surface area contributed by atoms with Crippen molar-refractivity contribution < 1.29 is 49.1 Å². The zero-order chi connectivity index (χ0) is 4.83. The third kappa shape index (κ3) is 5.43. The summed E-state index contributed by atoms with van der Waals surface area (Å²) in [6, 6.07) is 0. The molecule has 0 aromatic rings. The van der Waals surface area contributed by atoms with Gasteiger partial charge in [0.15, 0.2) is 0 Å². The molecule has 0 bridgehead atoms. The molecule has 0 saturated carbocycles. The van der Waals surface area contributed by atoms with Crippen LogP contribution in [0, 0.1) is 6.86 Å². The van der Waals surface area contributed by atoms with Crippen LogP contribution in [0.2, 0.25) is 8.86 Å². The summed E-state index contributed by atoms with van der Waals surface area (Å²) in [6.45, 7) is 0. The van der Waals surface area contributed by atoms with Crippen LogP contribution in [0.1, 0.15) is 0 Å². The first kappa shape index (κ1) is 7.43. The Morgan fingerprint density at radius 3 is 1.50 bits per heavy atom. The molecule has 6 heavy (non-hydrogen) atoms. The summed E-state index contributed by atoms with van der Waals surface area (Å²) in [5, 5.41) is 0. The maximum atomic E-state index is 3.27. The molecular formula is C4H6Hg2. The van der Waals surface area contributed by atoms with E-state index in [2.05, 4.69) is 15.7 Å². The molecule has 2 heteroatoms. The predicted molar refractivity (Wildman–Crippen MR) is 19.5 cm³/mol. The summed E-state index contributed by atoms with van der Waals surface area (Å²) in [7, 11) is 0. The molecule has 0 unspecified atom stereocenters. The van der Waals surface area contributed by atoms with E-state index in [9.17, 15) is 0 Å². The Morgan fingerprint density at radius 1 is 1.00 bits per heavy atom. The van der Waals surface area contributed by atoms with Crippen molar-refractivity contribution in [2.75, 3.05) is 0 Å². The summed E-state index contributed by atoms with van der Waals surface area (Å²) in [5.41, 5.74) is 0. The molecule has 0 aliphatic heterocycles. The summed E-state index contributed by atoms with van der Waals surface area (Å²) in [5.74, 6) is 0. The van der Waals surface area contributed by atoms with Crippen LogP contribution in [-0.2, 0) is 49.1 Å². The summed E-state index contributed by atoms with van der Waals surface area (Å²) in [6.07, 6.45) is 0. The van der Waals surface area contributed by atoms with E-state index in [-0.39, 0.29) is 0 Å². The van der Waals surface area contributed by atoms with Crippen molar-refractivity contribution in [3.05, 3.63) is 0 Å². The fourth-order valence-electron chi connectivity index (χ4n) is 0.250. The first-order valence-electron chi connectivity index (χ1n) is 2.37. The fraction of sp³-hybridized carbons (Fsp3) is 0.500. The summed E-state index contributed by atoms with van der Waals surface area (Å²) in [4.78, 5) is 0. The van der Waals surface area contributed by atoms with Gasteiger partial charge in [-0.2, -0.15) is 0 Å². The van der Waals surface area contributed by atoms with E-state index in [0.29, 0.717) is 0 Å². The first-order valence-corrected chi connectivity index (χ1v) is 18.9. The second kappa shape index (κ2) is 6.43. The van der Waals surface area contributed by atoms with E-state index in [0.717, 1.165) is 0 Å². The van der Waals surface area contributed by atoms with Gasteiger partial charge in [0.25, 0.3) is 0 Å². The number of hydrogen-bond donors (Lipinski definition) is 0. The van der Waals surface area contributed by atoms with Crippen molar-refractivity contribution in [1.29, 1.82) is 0 Å². The molecule has 0 saturated heterocycles. The normalized spacial score (nSPS) is 3.67. The molecule has 0 fully saturated rings. The Bertz CT molecular complexity index is 59.4. The van der Waals surface area contributed by atoms with Crippen LogP contribution in [0.15, 0.2) is 0 Å². The summed E-state index contributed by atoms with van der Waals surface area (Å²) >= 11 is -0.948. The van der Waals surface area contributed by atoms with Crippen molar-refractivity contribution in [2.24, 2.45) is 0 Å². The van der Waals surface area contributed by atoms with Gasteiger partial charge in [0, 0.05) is 0 Å². The average molecular weight is 455 g/mol. The van der Waals surface area contributed by atoms with Gasteiger partial charge < -0.3 is 0 Å². The van der Waals surface area contributed by atoms with E-state index >= 15 is 0 Å². The molecule has 26 valence electrons. The molecule has 0 radical (unpaired) electrons.